The highest BCUT2D eigenvalue weighted by Crippen LogP contribution is 2.28. The molecule has 19 heavy (non-hydrogen) atoms. The van der Waals surface area contributed by atoms with Gasteiger partial charge in [0.25, 0.3) is 0 Å². The lowest BCUT2D eigenvalue weighted by Gasteiger charge is -2.03. The number of aryl methyl sites for hydroxylation is 2. The van der Waals surface area contributed by atoms with E-state index >= 15 is 0 Å². The Labute approximate surface area is 110 Å². The lowest BCUT2D eigenvalue weighted by molar-refractivity contribution is 0.619. The molecule has 0 aliphatic carbocycles. The molecule has 0 atom stereocenters. The fourth-order valence-corrected chi connectivity index (χ4v) is 2.14. The van der Waals surface area contributed by atoms with E-state index in [1.165, 1.54) is 23.4 Å². The maximum Gasteiger partial charge on any atom is 0.140 e. The van der Waals surface area contributed by atoms with Crippen LogP contribution in [-0.2, 0) is 0 Å². The van der Waals surface area contributed by atoms with Crippen molar-refractivity contribution >= 4 is 11.5 Å². The zero-order valence-electron chi connectivity index (χ0n) is 10.8. The van der Waals surface area contributed by atoms with Gasteiger partial charge in [0, 0.05) is 11.8 Å². The van der Waals surface area contributed by atoms with Crippen LogP contribution in [0.3, 0.4) is 0 Å². The molecular weight excluding hydrogens is 241 g/mol. The van der Waals surface area contributed by atoms with Crippen molar-refractivity contribution in [2.45, 2.75) is 13.8 Å². The Kier molecular flexibility index (Phi) is 2.52. The summed E-state index contributed by atoms with van der Waals surface area (Å²) in [6.07, 6.45) is 1.35. The van der Waals surface area contributed by atoms with Crippen molar-refractivity contribution in [2.75, 3.05) is 5.73 Å². The summed E-state index contributed by atoms with van der Waals surface area (Å²) < 4.78 is 14.8. The lowest BCUT2D eigenvalue weighted by Crippen LogP contribution is -1.95. The van der Waals surface area contributed by atoms with E-state index in [2.05, 4.69) is 11.9 Å². The molecule has 4 heteroatoms. The van der Waals surface area contributed by atoms with E-state index in [1.807, 2.05) is 25.1 Å². The summed E-state index contributed by atoms with van der Waals surface area (Å²) in [7, 11) is 0. The van der Waals surface area contributed by atoms with Gasteiger partial charge in [0.2, 0.25) is 0 Å². The van der Waals surface area contributed by atoms with E-state index in [9.17, 15) is 4.39 Å². The third-order valence-corrected chi connectivity index (χ3v) is 3.40. The number of anilines is 1. The molecule has 0 spiro atoms. The van der Waals surface area contributed by atoms with Gasteiger partial charge in [-0.25, -0.2) is 9.37 Å². The normalized spacial score (nSPS) is 11.1. The molecule has 3 aromatic rings. The Hall–Kier alpha value is -2.36. The van der Waals surface area contributed by atoms with Crippen molar-refractivity contribution in [3.63, 3.8) is 0 Å². The summed E-state index contributed by atoms with van der Waals surface area (Å²) in [5, 5.41) is 0. The highest BCUT2D eigenvalue weighted by molar-refractivity contribution is 5.75. The highest BCUT2D eigenvalue weighted by Gasteiger charge is 2.12. The molecule has 2 aromatic heterocycles. The van der Waals surface area contributed by atoms with Crippen molar-refractivity contribution < 1.29 is 4.39 Å². The maximum absolute atomic E-state index is 13.2. The summed E-state index contributed by atoms with van der Waals surface area (Å²) in [5.74, 6) is 0.126. The Balaban J connectivity index is 2.24. The van der Waals surface area contributed by atoms with Gasteiger partial charge >= 0.3 is 0 Å². The second-order valence-electron chi connectivity index (χ2n) is 4.72. The molecular formula is C15H14FN3. The fraction of sp³-hybridized carbons (Fsp3) is 0.133. The van der Waals surface area contributed by atoms with Gasteiger partial charge in [-0.1, -0.05) is 12.1 Å². The summed E-state index contributed by atoms with van der Waals surface area (Å²) >= 11 is 0. The van der Waals surface area contributed by atoms with Crippen molar-refractivity contribution in [3.8, 4) is 11.3 Å². The second-order valence-corrected chi connectivity index (χ2v) is 4.72. The topological polar surface area (TPSA) is 43.3 Å². The molecule has 2 N–H and O–H groups in total. The van der Waals surface area contributed by atoms with Gasteiger partial charge in [0.1, 0.15) is 23.0 Å². The van der Waals surface area contributed by atoms with Crippen molar-refractivity contribution in [1.82, 2.24) is 9.38 Å². The Morgan fingerprint density at radius 1 is 1.11 bits per heavy atom. The zero-order valence-corrected chi connectivity index (χ0v) is 10.8. The molecule has 0 aliphatic rings. The van der Waals surface area contributed by atoms with Gasteiger partial charge < -0.3 is 5.73 Å². The first-order chi connectivity index (χ1) is 9.06. The molecule has 0 fully saturated rings. The minimum absolute atomic E-state index is 0.330. The number of benzene rings is 1. The number of rotatable bonds is 1. The standard InChI is InChI=1S/C15H14FN3/c1-9-3-4-11(7-10(9)2)14-15(17)19-8-12(16)5-6-13(19)18-14/h3-8H,17H2,1-2H3. The van der Waals surface area contributed by atoms with Crippen LogP contribution in [0.1, 0.15) is 11.1 Å². The average Bonchev–Trinajstić information content (AvgIpc) is 2.70. The van der Waals surface area contributed by atoms with Crippen LogP contribution < -0.4 is 5.73 Å². The quantitative estimate of drug-likeness (QED) is 0.724. The third kappa shape index (κ3) is 1.85. The van der Waals surface area contributed by atoms with Crippen LogP contribution in [0.2, 0.25) is 0 Å². The smallest absolute Gasteiger partial charge is 0.140 e. The Morgan fingerprint density at radius 2 is 1.89 bits per heavy atom. The van der Waals surface area contributed by atoms with Gasteiger partial charge in [-0.15, -0.1) is 0 Å². The zero-order chi connectivity index (χ0) is 13.6. The van der Waals surface area contributed by atoms with Crippen LogP contribution >= 0.6 is 0 Å². The second kappa shape index (κ2) is 4.09. The van der Waals surface area contributed by atoms with Gasteiger partial charge in [-0.05, 0) is 43.2 Å². The van der Waals surface area contributed by atoms with E-state index in [0.717, 1.165) is 5.56 Å². The van der Waals surface area contributed by atoms with Crippen molar-refractivity contribution in [3.05, 3.63) is 53.5 Å². The number of nitrogens with zero attached hydrogens (tertiary/aromatic N) is 2. The number of imidazole rings is 1. The molecule has 0 bridgehead atoms. The molecule has 0 unspecified atom stereocenters. The fourth-order valence-electron chi connectivity index (χ4n) is 2.14. The van der Waals surface area contributed by atoms with Crippen LogP contribution in [0, 0.1) is 19.7 Å². The molecule has 96 valence electrons. The number of halogens is 1. The number of pyridine rings is 1. The summed E-state index contributed by atoms with van der Waals surface area (Å²) in [4.78, 5) is 4.47. The van der Waals surface area contributed by atoms with Gasteiger partial charge in [0.05, 0.1) is 0 Å². The first kappa shape index (κ1) is 11.7. The monoisotopic (exact) mass is 255 g/mol. The number of hydrogen-bond acceptors (Lipinski definition) is 2. The third-order valence-electron chi connectivity index (χ3n) is 3.40. The molecule has 3 rings (SSSR count). The number of fused-ring (bicyclic) bond motifs is 1. The number of hydrogen-bond donors (Lipinski definition) is 1. The van der Waals surface area contributed by atoms with Crippen LogP contribution in [0.15, 0.2) is 36.5 Å². The molecule has 3 nitrogen and oxygen atoms in total. The number of aromatic nitrogens is 2. The summed E-state index contributed by atoms with van der Waals surface area (Å²) in [6.45, 7) is 4.10. The van der Waals surface area contributed by atoms with E-state index in [4.69, 9.17) is 5.73 Å². The lowest BCUT2D eigenvalue weighted by atomic mass is 10.0. The molecule has 0 radical (unpaired) electrons. The predicted molar refractivity (Wildman–Crippen MR) is 74.5 cm³/mol. The Bertz CT molecular complexity index is 774. The SMILES string of the molecule is Cc1ccc(-c2nc3ccc(F)cn3c2N)cc1C. The predicted octanol–water partition coefficient (Wildman–Crippen LogP) is 3.34. The van der Waals surface area contributed by atoms with Gasteiger partial charge in [-0.2, -0.15) is 0 Å². The van der Waals surface area contributed by atoms with E-state index < -0.39 is 0 Å². The van der Waals surface area contributed by atoms with Crippen molar-refractivity contribution in [2.24, 2.45) is 0 Å². The minimum Gasteiger partial charge on any atom is -0.383 e. The van der Waals surface area contributed by atoms with Crippen molar-refractivity contribution in [1.29, 1.82) is 0 Å². The van der Waals surface area contributed by atoms with Crippen LogP contribution in [0.5, 0.6) is 0 Å². The average molecular weight is 255 g/mol. The highest BCUT2D eigenvalue weighted by atomic mass is 19.1. The molecule has 0 aliphatic heterocycles. The van der Waals surface area contributed by atoms with Crippen LogP contribution in [0.25, 0.3) is 16.9 Å². The summed E-state index contributed by atoms with van der Waals surface area (Å²) in [5.41, 5.74) is 10.7. The number of nitrogen functional groups attached to an aromatic ring is 1. The van der Waals surface area contributed by atoms with E-state index in [-0.39, 0.29) is 5.82 Å². The first-order valence-corrected chi connectivity index (χ1v) is 6.07. The van der Waals surface area contributed by atoms with Gasteiger partial charge in [0.15, 0.2) is 0 Å². The molecule has 2 heterocycles. The van der Waals surface area contributed by atoms with Gasteiger partial charge in [-0.3, -0.25) is 4.40 Å². The summed E-state index contributed by atoms with van der Waals surface area (Å²) in [6, 6.07) is 9.07. The minimum atomic E-state index is -0.330. The molecule has 0 saturated carbocycles. The van der Waals surface area contributed by atoms with Crippen LogP contribution in [0.4, 0.5) is 10.2 Å². The van der Waals surface area contributed by atoms with E-state index in [1.54, 1.807) is 10.5 Å². The largest absolute Gasteiger partial charge is 0.383 e. The van der Waals surface area contributed by atoms with E-state index in [0.29, 0.717) is 17.2 Å². The first-order valence-electron chi connectivity index (χ1n) is 6.07. The number of nitrogens with two attached hydrogens (primary N) is 1. The Morgan fingerprint density at radius 3 is 2.63 bits per heavy atom. The molecule has 0 saturated heterocycles. The molecule has 1 aromatic carbocycles. The maximum atomic E-state index is 13.2. The van der Waals surface area contributed by atoms with Crippen LogP contribution in [-0.4, -0.2) is 9.38 Å². The molecule has 0 amide bonds.